The van der Waals surface area contributed by atoms with Crippen molar-refractivity contribution in [2.45, 2.75) is 13.3 Å². The lowest BCUT2D eigenvalue weighted by molar-refractivity contribution is 0.426. The minimum Gasteiger partial charge on any atom is -0.508 e. The largest absolute Gasteiger partial charge is 0.508 e. The molecule has 0 unspecified atom stereocenters. The number of nitrogens with one attached hydrogen (secondary N) is 1. The Kier molecular flexibility index (Phi) is 2.41. The van der Waals surface area contributed by atoms with Gasteiger partial charge >= 0.3 is 0 Å². The molecule has 1 aromatic rings. The van der Waals surface area contributed by atoms with Crippen LogP contribution in [0.1, 0.15) is 18.9 Å². The van der Waals surface area contributed by atoms with Gasteiger partial charge in [0.25, 0.3) is 0 Å². The molecule has 0 fully saturated rings. The van der Waals surface area contributed by atoms with Crippen LogP contribution in [0.3, 0.4) is 0 Å². The summed E-state index contributed by atoms with van der Waals surface area (Å²) in [6.45, 7) is 1.74. The van der Waals surface area contributed by atoms with Crippen molar-refractivity contribution in [1.29, 1.82) is 5.41 Å². The second-order valence-corrected chi connectivity index (χ2v) is 2.69. The quantitative estimate of drug-likeness (QED) is 0.522. The summed E-state index contributed by atoms with van der Waals surface area (Å²) in [5.41, 5.74) is 0.218. The van der Waals surface area contributed by atoms with E-state index in [0.29, 0.717) is 6.42 Å². The topological polar surface area (TPSA) is 84.5 Å². The predicted molar refractivity (Wildman–Crippen MR) is 48.6 cm³/mol. The lowest BCUT2D eigenvalue weighted by Gasteiger charge is -2.07. The Morgan fingerprint density at radius 2 is 1.69 bits per heavy atom. The minimum atomic E-state index is -0.274. The smallest absolute Gasteiger partial charge is 0.132 e. The van der Waals surface area contributed by atoms with Crippen LogP contribution in [0, 0.1) is 5.41 Å². The average molecular weight is 181 g/mol. The third-order valence-corrected chi connectivity index (χ3v) is 1.74. The van der Waals surface area contributed by atoms with Gasteiger partial charge in [0.2, 0.25) is 0 Å². The van der Waals surface area contributed by atoms with Gasteiger partial charge in [0.05, 0.1) is 5.56 Å². The van der Waals surface area contributed by atoms with Crippen molar-refractivity contribution in [3.8, 4) is 17.2 Å². The SMILES string of the molecule is CCC(=N)c1c(O)cc(O)cc1O. The standard InChI is InChI=1S/C9H11NO3/c1-2-6(10)9-7(12)3-5(11)4-8(9)13/h3-4,10-13H,2H2,1H3. The first-order chi connectivity index (χ1) is 6.06. The Bertz CT molecular complexity index is 324. The van der Waals surface area contributed by atoms with Crippen molar-refractivity contribution >= 4 is 5.71 Å². The van der Waals surface area contributed by atoms with Gasteiger partial charge in [0.15, 0.2) is 0 Å². The first-order valence-corrected chi connectivity index (χ1v) is 3.89. The molecule has 0 spiro atoms. The molecule has 13 heavy (non-hydrogen) atoms. The highest BCUT2D eigenvalue weighted by atomic mass is 16.3. The highest BCUT2D eigenvalue weighted by molar-refractivity contribution is 6.02. The molecule has 0 aliphatic carbocycles. The number of hydrogen-bond acceptors (Lipinski definition) is 4. The third-order valence-electron chi connectivity index (χ3n) is 1.74. The fourth-order valence-electron chi connectivity index (χ4n) is 1.08. The van der Waals surface area contributed by atoms with Gasteiger partial charge in [-0.15, -0.1) is 0 Å². The van der Waals surface area contributed by atoms with Gasteiger partial charge in [0.1, 0.15) is 17.2 Å². The average Bonchev–Trinajstić information content (AvgIpc) is 2.02. The molecule has 1 rings (SSSR count). The number of phenolic OH excluding ortho intramolecular Hbond substituents is 3. The summed E-state index contributed by atoms with van der Waals surface area (Å²) in [4.78, 5) is 0. The van der Waals surface area contributed by atoms with Crippen LogP contribution < -0.4 is 0 Å². The van der Waals surface area contributed by atoms with Crippen LogP contribution in [0.15, 0.2) is 12.1 Å². The van der Waals surface area contributed by atoms with E-state index >= 15 is 0 Å². The van der Waals surface area contributed by atoms with E-state index in [4.69, 9.17) is 10.5 Å². The van der Waals surface area contributed by atoms with E-state index in [1.807, 2.05) is 0 Å². The molecular weight excluding hydrogens is 170 g/mol. The number of phenols is 3. The molecule has 0 aliphatic heterocycles. The molecule has 70 valence electrons. The number of aromatic hydroxyl groups is 3. The van der Waals surface area contributed by atoms with Crippen molar-refractivity contribution in [1.82, 2.24) is 0 Å². The summed E-state index contributed by atoms with van der Waals surface area (Å²) in [6, 6.07) is 2.19. The third kappa shape index (κ3) is 1.72. The van der Waals surface area contributed by atoms with Crippen LogP contribution in [0.4, 0.5) is 0 Å². The van der Waals surface area contributed by atoms with Gasteiger partial charge in [-0.25, -0.2) is 0 Å². The van der Waals surface area contributed by atoms with E-state index < -0.39 is 0 Å². The van der Waals surface area contributed by atoms with Crippen LogP contribution in [0.5, 0.6) is 17.2 Å². The molecule has 0 saturated heterocycles. The Balaban J connectivity index is 3.28. The van der Waals surface area contributed by atoms with Crippen molar-refractivity contribution in [3.63, 3.8) is 0 Å². The van der Waals surface area contributed by atoms with Crippen LogP contribution in [-0.4, -0.2) is 21.0 Å². The molecule has 0 atom stereocenters. The Hall–Kier alpha value is -1.71. The van der Waals surface area contributed by atoms with E-state index in [-0.39, 0.29) is 28.5 Å². The fraction of sp³-hybridized carbons (Fsp3) is 0.222. The van der Waals surface area contributed by atoms with E-state index in [1.54, 1.807) is 6.92 Å². The fourth-order valence-corrected chi connectivity index (χ4v) is 1.08. The molecule has 0 aliphatic rings. The van der Waals surface area contributed by atoms with Gasteiger partial charge in [0, 0.05) is 17.8 Å². The number of rotatable bonds is 2. The van der Waals surface area contributed by atoms with E-state index in [0.717, 1.165) is 12.1 Å². The van der Waals surface area contributed by atoms with E-state index in [2.05, 4.69) is 0 Å². The summed E-state index contributed by atoms with van der Waals surface area (Å²) in [5, 5.41) is 35.0. The van der Waals surface area contributed by atoms with Gasteiger partial charge in [-0.2, -0.15) is 0 Å². The zero-order valence-corrected chi connectivity index (χ0v) is 7.20. The summed E-state index contributed by atoms with van der Waals surface area (Å²) in [6.07, 6.45) is 0.409. The first-order valence-electron chi connectivity index (χ1n) is 3.89. The van der Waals surface area contributed by atoms with Crippen molar-refractivity contribution in [2.75, 3.05) is 0 Å². The van der Waals surface area contributed by atoms with Crippen LogP contribution >= 0.6 is 0 Å². The maximum Gasteiger partial charge on any atom is 0.132 e. The van der Waals surface area contributed by atoms with Crippen molar-refractivity contribution < 1.29 is 15.3 Å². The van der Waals surface area contributed by atoms with Crippen molar-refractivity contribution in [2.24, 2.45) is 0 Å². The molecule has 0 heterocycles. The lowest BCUT2D eigenvalue weighted by Crippen LogP contribution is -1.97. The van der Waals surface area contributed by atoms with Crippen LogP contribution in [-0.2, 0) is 0 Å². The molecule has 0 bridgehead atoms. The van der Waals surface area contributed by atoms with Crippen LogP contribution in [0.2, 0.25) is 0 Å². The van der Waals surface area contributed by atoms with Gasteiger partial charge < -0.3 is 20.7 Å². The molecule has 4 N–H and O–H groups in total. The maximum absolute atomic E-state index is 9.31. The molecular formula is C9H11NO3. The Labute approximate surface area is 75.6 Å². The molecule has 4 heteroatoms. The molecule has 0 amide bonds. The Morgan fingerprint density at radius 3 is 2.08 bits per heavy atom. The molecule has 4 nitrogen and oxygen atoms in total. The molecule has 0 radical (unpaired) electrons. The monoisotopic (exact) mass is 181 g/mol. The Morgan fingerprint density at radius 1 is 1.23 bits per heavy atom. The lowest BCUT2D eigenvalue weighted by atomic mass is 10.1. The molecule has 0 saturated carbocycles. The first kappa shape index (κ1) is 9.38. The van der Waals surface area contributed by atoms with Gasteiger partial charge in [-0.05, 0) is 6.42 Å². The second-order valence-electron chi connectivity index (χ2n) is 2.69. The number of hydrogen-bond donors (Lipinski definition) is 4. The van der Waals surface area contributed by atoms with Gasteiger partial charge in [-0.3, -0.25) is 0 Å². The van der Waals surface area contributed by atoms with E-state index in [9.17, 15) is 10.2 Å². The summed E-state index contributed by atoms with van der Waals surface area (Å²) < 4.78 is 0. The summed E-state index contributed by atoms with van der Waals surface area (Å²) in [5.74, 6) is -0.767. The second kappa shape index (κ2) is 3.35. The number of benzene rings is 1. The minimum absolute atomic E-state index is 0.0836. The summed E-state index contributed by atoms with van der Waals surface area (Å²) >= 11 is 0. The zero-order valence-electron chi connectivity index (χ0n) is 7.20. The maximum atomic E-state index is 9.31. The van der Waals surface area contributed by atoms with Crippen LogP contribution in [0.25, 0.3) is 0 Å². The highest BCUT2D eigenvalue weighted by Gasteiger charge is 2.12. The molecule has 0 aromatic heterocycles. The van der Waals surface area contributed by atoms with E-state index in [1.165, 1.54) is 0 Å². The molecule has 1 aromatic carbocycles. The normalized spacial score (nSPS) is 9.92. The summed E-state index contributed by atoms with van der Waals surface area (Å²) in [7, 11) is 0. The highest BCUT2D eigenvalue weighted by Crippen LogP contribution is 2.32. The zero-order chi connectivity index (χ0) is 10.0. The van der Waals surface area contributed by atoms with Crippen molar-refractivity contribution in [3.05, 3.63) is 17.7 Å². The predicted octanol–water partition coefficient (Wildman–Crippen LogP) is 1.58. The van der Waals surface area contributed by atoms with Gasteiger partial charge in [-0.1, -0.05) is 6.92 Å².